The topological polar surface area (TPSA) is 110 Å². The maximum atomic E-state index is 12.6. The Balaban J connectivity index is 1.74. The molecular weight excluding hydrogens is 348 g/mol. The van der Waals surface area contributed by atoms with E-state index in [9.17, 15) is 9.59 Å². The summed E-state index contributed by atoms with van der Waals surface area (Å²) in [6, 6.07) is 8.77. The van der Waals surface area contributed by atoms with Crippen molar-refractivity contribution in [2.24, 2.45) is 0 Å². The van der Waals surface area contributed by atoms with Gasteiger partial charge in [0.05, 0.1) is 11.4 Å². The van der Waals surface area contributed by atoms with Crippen LogP contribution in [0, 0.1) is 6.92 Å². The molecule has 0 unspecified atom stereocenters. The predicted molar refractivity (Wildman–Crippen MR) is 97.0 cm³/mol. The third-order valence-corrected chi connectivity index (χ3v) is 4.08. The van der Waals surface area contributed by atoms with Crippen molar-refractivity contribution < 1.29 is 19.2 Å². The lowest BCUT2D eigenvalue weighted by atomic mass is 10.0. The van der Waals surface area contributed by atoms with Gasteiger partial charge >= 0.3 is 5.97 Å². The first-order valence-corrected chi connectivity index (χ1v) is 8.49. The van der Waals surface area contributed by atoms with Gasteiger partial charge in [0.2, 0.25) is 0 Å². The van der Waals surface area contributed by atoms with Gasteiger partial charge in [-0.25, -0.2) is 9.48 Å². The van der Waals surface area contributed by atoms with Crippen LogP contribution in [0.2, 0.25) is 0 Å². The third-order valence-electron chi connectivity index (χ3n) is 4.08. The van der Waals surface area contributed by atoms with Crippen molar-refractivity contribution in [2.75, 3.05) is 0 Å². The molecular formula is C19H20N4O4. The Morgan fingerprint density at radius 2 is 2.07 bits per heavy atom. The van der Waals surface area contributed by atoms with E-state index in [1.165, 1.54) is 10.7 Å². The van der Waals surface area contributed by atoms with Crippen molar-refractivity contribution in [3.8, 4) is 5.69 Å². The van der Waals surface area contributed by atoms with Gasteiger partial charge in [-0.05, 0) is 30.7 Å². The molecule has 0 bridgehead atoms. The van der Waals surface area contributed by atoms with Crippen molar-refractivity contribution in [3.63, 3.8) is 0 Å². The second-order valence-corrected chi connectivity index (χ2v) is 6.47. The fourth-order valence-corrected chi connectivity index (χ4v) is 2.72. The van der Waals surface area contributed by atoms with E-state index in [1.54, 1.807) is 13.1 Å². The van der Waals surface area contributed by atoms with Crippen molar-refractivity contribution >= 4 is 11.9 Å². The summed E-state index contributed by atoms with van der Waals surface area (Å²) in [7, 11) is 0. The Bertz CT molecular complexity index is 987. The van der Waals surface area contributed by atoms with Crippen LogP contribution in [0.5, 0.6) is 0 Å². The van der Waals surface area contributed by atoms with E-state index in [2.05, 4.69) is 15.6 Å². The number of nitrogens with zero attached hydrogens (tertiary/aromatic N) is 3. The number of amides is 1. The minimum absolute atomic E-state index is 0.0298. The number of benzene rings is 1. The number of hydrogen-bond donors (Lipinski definition) is 2. The summed E-state index contributed by atoms with van der Waals surface area (Å²) in [5.41, 5.74) is 2.56. The van der Waals surface area contributed by atoms with E-state index in [-0.39, 0.29) is 17.5 Å². The average molecular weight is 368 g/mol. The molecule has 140 valence electrons. The van der Waals surface area contributed by atoms with Gasteiger partial charge in [0.1, 0.15) is 5.56 Å². The van der Waals surface area contributed by atoms with E-state index in [1.807, 2.05) is 38.1 Å². The molecule has 0 spiro atoms. The Morgan fingerprint density at radius 1 is 1.30 bits per heavy atom. The molecule has 1 aromatic carbocycles. The molecule has 0 atom stereocenters. The van der Waals surface area contributed by atoms with Gasteiger partial charge in [0, 0.05) is 18.7 Å². The summed E-state index contributed by atoms with van der Waals surface area (Å²) in [6.45, 7) is 5.93. The molecule has 0 saturated carbocycles. The maximum absolute atomic E-state index is 12.6. The third kappa shape index (κ3) is 3.89. The molecule has 0 saturated heterocycles. The van der Waals surface area contributed by atoms with Crippen LogP contribution in [-0.2, 0) is 6.54 Å². The van der Waals surface area contributed by atoms with Crippen LogP contribution in [0.3, 0.4) is 0 Å². The Kier molecular flexibility index (Phi) is 5.07. The fourth-order valence-electron chi connectivity index (χ4n) is 2.72. The molecule has 0 radical (unpaired) electrons. The lowest BCUT2D eigenvalue weighted by molar-refractivity contribution is 0.0689. The highest BCUT2D eigenvalue weighted by Gasteiger charge is 2.22. The Labute approximate surface area is 155 Å². The summed E-state index contributed by atoms with van der Waals surface area (Å²) in [5.74, 6) is -0.702. The standard InChI is InChI=1S/C19H20N4O4/c1-11(2)17-16(12(3)22-27-17)18(24)20-10-13-5-4-6-14(9-13)23-8-7-15(21-23)19(25)26/h4-9,11H,10H2,1-3H3,(H,20,24)(H,25,26). The Hall–Kier alpha value is -3.42. The molecule has 0 aliphatic heterocycles. The van der Waals surface area contributed by atoms with Gasteiger partial charge in [0.25, 0.3) is 5.91 Å². The quantitative estimate of drug-likeness (QED) is 0.692. The molecule has 0 aliphatic carbocycles. The smallest absolute Gasteiger partial charge is 0.356 e. The summed E-state index contributed by atoms with van der Waals surface area (Å²) < 4.78 is 6.74. The van der Waals surface area contributed by atoms with Crippen LogP contribution in [0.15, 0.2) is 41.1 Å². The van der Waals surface area contributed by atoms with Gasteiger partial charge in [-0.1, -0.05) is 31.1 Å². The van der Waals surface area contributed by atoms with Crippen LogP contribution < -0.4 is 5.32 Å². The van der Waals surface area contributed by atoms with E-state index >= 15 is 0 Å². The monoisotopic (exact) mass is 368 g/mol. The first-order chi connectivity index (χ1) is 12.9. The highest BCUT2D eigenvalue weighted by molar-refractivity contribution is 5.96. The molecule has 8 heteroatoms. The fraction of sp³-hybridized carbons (Fsp3) is 0.263. The van der Waals surface area contributed by atoms with Crippen molar-refractivity contribution in [1.29, 1.82) is 0 Å². The van der Waals surface area contributed by atoms with Gasteiger partial charge in [-0.15, -0.1) is 0 Å². The van der Waals surface area contributed by atoms with Crippen LogP contribution in [0.1, 0.15) is 57.6 Å². The van der Waals surface area contributed by atoms with E-state index < -0.39 is 5.97 Å². The number of nitrogens with one attached hydrogen (secondary N) is 1. The maximum Gasteiger partial charge on any atom is 0.356 e. The zero-order valence-corrected chi connectivity index (χ0v) is 15.3. The normalized spacial score (nSPS) is 11.0. The molecule has 2 heterocycles. The summed E-state index contributed by atoms with van der Waals surface area (Å²) in [5, 5.41) is 19.8. The molecule has 3 aromatic rings. The van der Waals surface area contributed by atoms with Gasteiger partial charge in [-0.3, -0.25) is 4.79 Å². The molecule has 27 heavy (non-hydrogen) atoms. The number of carboxylic acids is 1. The molecule has 0 aliphatic rings. The summed E-state index contributed by atoms with van der Waals surface area (Å²) >= 11 is 0. The highest BCUT2D eigenvalue weighted by Crippen LogP contribution is 2.22. The zero-order chi connectivity index (χ0) is 19.6. The van der Waals surface area contributed by atoms with Crippen LogP contribution in [0.4, 0.5) is 0 Å². The second kappa shape index (κ2) is 7.45. The Morgan fingerprint density at radius 3 is 2.74 bits per heavy atom. The van der Waals surface area contributed by atoms with Gasteiger partial charge in [-0.2, -0.15) is 5.10 Å². The second-order valence-electron chi connectivity index (χ2n) is 6.47. The molecule has 1 amide bonds. The lowest BCUT2D eigenvalue weighted by Crippen LogP contribution is -2.24. The molecule has 8 nitrogen and oxygen atoms in total. The SMILES string of the molecule is Cc1noc(C(C)C)c1C(=O)NCc1cccc(-n2ccc(C(=O)O)n2)c1. The minimum Gasteiger partial charge on any atom is -0.476 e. The number of aryl methyl sites for hydroxylation is 1. The van der Waals surface area contributed by atoms with Crippen LogP contribution in [-0.4, -0.2) is 31.9 Å². The van der Waals surface area contributed by atoms with E-state index in [0.717, 1.165) is 5.56 Å². The average Bonchev–Trinajstić information content (AvgIpc) is 3.27. The molecule has 0 fully saturated rings. The number of carbonyl (C=O) groups excluding carboxylic acids is 1. The van der Waals surface area contributed by atoms with Gasteiger partial charge in [0.15, 0.2) is 11.5 Å². The number of carboxylic acid groups (broad SMARTS) is 1. The number of rotatable bonds is 6. The van der Waals surface area contributed by atoms with Crippen molar-refractivity contribution in [3.05, 3.63) is 64.8 Å². The predicted octanol–water partition coefficient (Wildman–Crippen LogP) is 2.92. The van der Waals surface area contributed by atoms with Gasteiger partial charge < -0.3 is 14.9 Å². The first kappa shape index (κ1) is 18.4. The summed E-state index contributed by atoms with van der Waals surface area (Å²) in [4.78, 5) is 23.5. The first-order valence-electron chi connectivity index (χ1n) is 8.49. The molecule has 2 N–H and O–H groups in total. The van der Waals surface area contributed by atoms with E-state index in [4.69, 9.17) is 9.63 Å². The number of aromatic carboxylic acids is 1. The number of aromatic nitrogens is 3. The summed E-state index contributed by atoms with van der Waals surface area (Å²) in [6.07, 6.45) is 1.58. The largest absolute Gasteiger partial charge is 0.476 e. The zero-order valence-electron chi connectivity index (χ0n) is 15.3. The van der Waals surface area contributed by atoms with Crippen molar-refractivity contribution in [2.45, 2.75) is 33.2 Å². The number of carbonyl (C=O) groups is 2. The number of hydrogen-bond acceptors (Lipinski definition) is 5. The lowest BCUT2D eigenvalue weighted by Gasteiger charge is -2.09. The molecule has 3 rings (SSSR count). The van der Waals surface area contributed by atoms with Crippen molar-refractivity contribution in [1.82, 2.24) is 20.3 Å². The molecule has 2 aromatic heterocycles. The van der Waals surface area contributed by atoms with E-state index in [0.29, 0.717) is 29.2 Å². The van der Waals surface area contributed by atoms with Crippen LogP contribution in [0.25, 0.3) is 5.69 Å². The highest BCUT2D eigenvalue weighted by atomic mass is 16.5. The minimum atomic E-state index is -1.08. The van der Waals surface area contributed by atoms with Crippen LogP contribution >= 0.6 is 0 Å².